The summed E-state index contributed by atoms with van der Waals surface area (Å²) in [5.74, 6) is 0.131. The lowest BCUT2D eigenvalue weighted by atomic mass is 10.0. The van der Waals surface area contributed by atoms with E-state index in [1.165, 1.54) is 24.4 Å². The van der Waals surface area contributed by atoms with Gasteiger partial charge in [-0.1, -0.05) is 0 Å². The summed E-state index contributed by atoms with van der Waals surface area (Å²) in [6, 6.07) is -1.90. The van der Waals surface area contributed by atoms with Crippen molar-refractivity contribution < 1.29 is 31.7 Å². The summed E-state index contributed by atoms with van der Waals surface area (Å²) in [6.07, 6.45) is 2.98. The second kappa shape index (κ2) is 8.32. The summed E-state index contributed by atoms with van der Waals surface area (Å²) in [6.45, 7) is 4.88. The molecule has 12 nitrogen and oxygen atoms in total. The first-order chi connectivity index (χ1) is 13.8. The van der Waals surface area contributed by atoms with Gasteiger partial charge in [0.1, 0.15) is 6.04 Å². The molecule has 0 aromatic heterocycles. The fraction of sp³-hybridized carbons (Fsp3) is 0.875. The predicted octanol–water partition coefficient (Wildman–Crippen LogP) is -1.28. The van der Waals surface area contributed by atoms with Crippen LogP contribution in [0.1, 0.15) is 25.7 Å². The first kappa shape index (κ1) is 20.8. The lowest BCUT2D eigenvalue weighted by Crippen LogP contribution is -2.50. The normalized spacial score (nSPS) is 32.5. The van der Waals surface area contributed by atoms with Crippen LogP contribution in [0.15, 0.2) is 0 Å². The first-order valence-electron chi connectivity index (χ1n) is 9.94. The van der Waals surface area contributed by atoms with Gasteiger partial charge in [-0.3, -0.25) is 14.2 Å². The van der Waals surface area contributed by atoms with Crippen molar-refractivity contribution in [1.29, 1.82) is 0 Å². The molecule has 0 aromatic carbocycles. The van der Waals surface area contributed by atoms with E-state index in [9.17, 15) is 18.0 Å². The van der Waals surface area contributed by atoms with Crippen LogP contribution in [0.25, 0.3) is 0 Å². The number of nitrogens with one attached hydrogen (secondary N) is 2. The summed E-state index contributed by atoms with van der Waals surface area (Å²) in [5.41, 5.74) is 2.41. The Morgan fingerprint density at radius 1 is 1.31 bits per heavy atom. The van der Waals surface area contributed by atoms with Gasteiger partial charge in [0.25, 0.3) is 5.91 Å². The number of nitrogens with zero attached hydrogens (tertiary/aromatic N) is 3. The second-order valence-electron chi connectivity index (χ2n) is 8.15. The van der Waals surface area contributed by atoms with E-state index in [1.807, 2.05) is 0 Å². The third kappa shape index (κ3) is 4.81. The summed E-state index contributed by atoms with van der Waals surface area (Å²) < 4.78 is 35.0. The minimum Gasteiger partial charge on any atom is -0.311 e. The Morgan fingerprint density at radius 3 is 2.79 bits per heavy atom. The van der Waals surface area contributed by atoms with Crippen molar-refractivity contribution in [1.82, 2.24) is 25.7 Å². The van der Waals surface area contributed by atoms with E-state index in [2.05, 4.69) is 20.0 Å². The van der Waals surface area contributed by atoms with Gasteiger partial charge in [-0.2, -0.15) is 13.5 Å². The third-order valence-corrected chi connectivity index (χ3v) is 6.38. The van der Waals surface area contributed by atoms with Crippen molar-refractivity contribution in [2.45, 2.75) is 43.8 Å². The Hall–Kier alpha value is -1.51. The molecule has 0 aromatic rings. The number of likely N-dealkylation sites (tertiary alicyclic amines) is 1. The maximum absolute atomic E-state index is 12.5. The highest BCUT2D eigenvalue weighted by Crippen LogP contribution is 2.30. The molecule has 29 heavy (non-hydrogen) atoms. The molecule has 3 amide bonds. The van der Waals surface area contributed by atoms with Gasteiger partial charge in [-0.05, 0) is 51.2 Å². The van der Waals surface area contributed by atoms with E-state index in [1.54, 1.807) is 0 Å². The molecule has 0 aliphatic carbocycles. The van der Waals surface area contributed by atoms with Gasteiger partial charge in [0.2, 0.25) is 0 Å². The summed E-state index contributed by atoms with van der Waals surface area (Å²) >= 11 is 0. The van der Waals surface area contributed by atoms with Gasteiger partial charge >= 0.3 is 16.4 Å². The van der Waals surface area contributed by atoms with Crippen LogP contribution in [0.3, 0.4) is 0 Å². The summed E-state index contributed by atoms with van der Waals surface area (Å²) in [5, 5.41) is 4.02. The highest BCUT2D eigenvalue weighted by Gasteiger charge is 2.49. The number of amides is 3. The standard InChI is InChI=1S/C16H27N5O7S/c22-15(18-27-10-12-6-11(7-17-12)8-19-4-1-5-19)14-3-2-13-9-20(14)16(23)21(13)28-29(24,25)26/h11-14,17H,1-10H2,(H,18,22)(H,24,25,26)/t11-,12-,13?,14?/m1/s1. The van der Waals surface area contributed by atoms with Crippen LogP contribution in [-0.2, 0) is 24.3 Å². The van der Waals surface area contributed by atoms with Crippen molar-refractivity contribution in [2.75, 3.05) is 39.3 Å². The number of urea groups is 1. The number of fused-ring (bicyclic) bond motifs is 2. The lowest BCUT2D eigenvalue weighted by Gasteiger charge is -2.32. The molecule has 4 fully saturated rings. The Morgan fingerprint density at radius 2 is 2.10 bits per heavy atom. The number of piperidine rings is 1. The monoisotopic (exact) mass is 433 g/mol. The van der Waals surface area contributed by atoms with Gasteiger partial charge in [0, 0.05) is 19.1 Å². The Bertz CT molecular complexity index is 746. The molecule has 4 heterocycles. The predicted molar refractivity (Wildman–Crippen MR) is 98.4 cm³/mol. The Balaban J connectivity index is 1.21. The van der Waals surface area contributed by atoms with E-state index in [4.69, 9.17) is 9.39 Å². The van der Waals surface area contributed by atoms with Gasteiger partial charge < -0.3 is 15.1 Å². The number of carbonyl (C=O) groups excluding carboxylic acids is 2. The maximum Gasteiger partial charge on any atom is 0.418 e. The molecule has 0 saturated carbocycles. The zero-order chi connectivity index (χ0) is 20.6. The summed E-state index contributed by atoms with van der Waals surface area (Å²) in [4.78, 5) is 33.9. The van der Waals surface area contributed by atoms with Crippen molar-refractivity contribution in [3.8, 4) is 0 Å². The van der Waals surface area contributed by atoms with Crippen LogP contribution in [-0.4, -0.2) is 97.2 Å². The molecule has 4 aliphatic rings. The molecule has 0 radical (unpaired) electrons. The van der Waals surface area contributed by atoms with Crippen molar-refractivity contribution in [2.24, 2.45) is 5.92 Å². The average Bonchev–Trinajstić information content (AvgIpc) is 3.16. The van der Waals surface area contributed by atoms with Crippen LogP contribution in [0.5, 0.6) is 0 Å². The molecule has 3 N–H and O–H groups in total. The smallest absolute Gasteiger partial charge is 0.311 e. The Labute approximate surface area is 169 Å². The number of carbonyl (C=O) groups is 2. The SMILES string of the molecule is O=C(NOC[C@H]1C[C@@H](CN2CCC2)CN1)C1CCC2CN1C(=O)N2OS(=O)(=O)O. The fourth-order valence-corrected chi connectivity index (χ4v) is 4.87. The highest BCUT2D eigenvalue weighted by molar-refractivity contribution is 7.80. The van der Waals surface area contributed by atoms with Gasteiger partial charge in [-0.15, -0.1) is 4.28 Å². The zero-order valence-corrected chi connectivity index (χ0v) is 16.8. The van der Waals surface area contributed by atoms with Crippen LogP contribution < -0.4 is 10.8 Å². The van der Waals surface area contributed by atoms with Crippen LogP contribution in [0.4, 0.5) is 4.79 Å². The largest absolute Gasteiger partial charge is 0.418 e. The molecule has 164 valence electrons. The van der Waals surface area contributed by atoms with Crippen LogP contribution in [0.2, 0.25) is 0 Å². The fourth-order valence-electron chi connectivity index (χ4n) is 4.48. The number of hydrogen-bond acceptors (Lipinski definition) is 8. The van der Waals surface area contributed by atoms with Crippen molar-refractivity contribution >= 4 is 22.3 Å². The molecular weight excluding hydrogens is 406 g/mol. The quantitative estimate of drug-likeness (QED) is 0.315. The average molecular weight is 433 g/mol. The van der Waals surface area contributed by atoms with Gasteiger partial charge in [-0.25, -0.2) is 10.3 Å². The van der Waals surface area contributed by atoms with E-state index in [-0.39, 0.29) is 12.6 Å². The number of hydroxylamine groups is 3. The maximum atomic E-state index is 12.5. The Kier molecular flexibility index (Phi) is 5.95. The van der Waals surface area contributed by atoms with Crippen LogP contribution >= 0.6 is 0 Å². The van der Waals surface area contributed by atoms with Crippen LogP contribution in [0, 0.1) is 5.92 Å². The van der Waals surface area contributed by atoms with E-state index < -0.39 is 34.4 Å². The summed E-state index contributed by atoms with van der Waals surface area (Å²) in [7, 11) is -4.81. The first-order valence-corrected chi connectivity index (χ1v) is 11.3. The number of rotatable bonds is 8. The highest BCUT2D eigenvalue weighted by atomic mass is 32.3. The molecule has 2 bridgehead atoms. The minimum atomic E-state index is -4.81. The number of hydrogen-bond donors (Lipinski definition) is 3. The molecule has 0 spiro atoms. The van der Waals surface area contributed by atoms with Crippen molar-refractivity contribution in [3.63, 3.8) is 0 Å². The molecule has 4 aliphatic heterocycles. The molecular formula is C16H27N5O7S. The van der Waals surface area contributed by atoms with Gasteiger partial charge in [0.15, 0.2) is 0 Å². The second-order valence-corrected chi connectivity index (χ2v) is 9.15. The lowest BCUT2D eigenvalue weighted by molar-refractivity contribution is -0.139. The van der Waals surface area contributed by atoms with E-state index >= 15 is 0 Å². The van der Waals surface area contributed by atoms with E-state index in [0.717, 1.165) is 19.5 Å². The third-order valence-electron chi connectivity index (χ3n) is 6.04. The minimum absolute atomic E-state index is 0.148. The topological polar surface area (TPSA) is 141 Å². The molecule has 2 unspecified atom stereocenters. The van der Waals surface area contributed by atoms with E-state index in [0.29, 0.717) is 30.4 Å². The zero-order valence-electron chi connectivity index (χ0n) is 16.0. The molecule has 4 saturated heterocycles. The molecule has 4 atom stereocenters. The molecule has 13 heteroatoms. The van der Waals surface area contributed by atoms with Crippen molar-refractivity contribution in [3.05, 3.63) is 0 Å². The van der Waals surface area contributed by atoms with Gasteiger partial charge in [0.05, 0.1) is 12.6 Å². The molecule has 4 rings (SSSR count).